The summed E-state index contributed by atoms with van der Waals surface area (Å²) >= 11 is 2.06. The van der Waals surface area contributed by atoms with Crippen LogP contribution in [0.25, 0.3) is 0 Å². The molecule has 2 aromatic rings. The van der Waals surface area contributed by atoms with Gasteiger partial charge in [-0.05, 0) is 41.5 Å². The number of aromatic nitrogens is 3. The van der Waals surface area contributed by atoms with Crippen LogP contribution in [0.2, 0.25) is 0 Å². The van der Waals surface area contributed by atoms with Gasteiger partial charge in [0.25, 0.3) is 0 Å². The first-order valence-corrected chi connectivity index (χ1v) is 7.78. The summed E-state index contributed by atoms with van der Waals surface area (Å²) in [4.78, 5) is 3.96. The predicted molar refractivity (Wildman–Crippen MR) is 79.5 cm³/mol. The molecule has 1 aliphatic rings. The van der Waals surface area contributed by atoms with Gasteiger partial charge in [-0.3, -0.25) is 0 Å². The van der Waals surface area contributed by atoms with Gasteiger partial charge in [-0.25, -0.2) is 9.67 Å². The lowest BCUT2D eigenvalue weighted by molar-refractivity contribution is 0.631. The molecule has 2 heterocycles. The predicted octanol–water partition coefficient (Wildman–Crippen LogP) is 2.49. The van der Waals surface area contributed by atoms with Gasteiger partial charge in [-0.15, -0.1) is 0 Å². The molecule has 0 aliphatic carbocycles. The highest BCUT2D eigenvalue weighted by Crippen LogP contribution is 2.23. The summed E-state index contributed by atoms with van der Waals surface area (Å²) in [5, 5.41) is 7.68. The molecule has 3 rings (SSSR count). The number of benzene rings is 1. The maximum absolute atomic E-state index is 4.13. The number of thioether (sulfide) groups is 1. The van der Waals surface area contributed by atoms with Crippen LogP contribution in [0, 0.1) is 5.92 Å². The van der Waals surface area contributed by atoms with E-state index in [-0.39, 0.29) is 0 Å². The summed E-state index contributed by atoms with van der Waals surface area (Å²) in [5.41, 5.74) is 2.45. The lowest BCUT2D eigenvalue weighted by Gasteiger charge is -2.12. The lowest BCUT2D eigenvalue weighted by Crippen LogP contribution is -2.13. The third kappa shape index (κ3) is 3.50. The second kappa shape index (κ2) is 6.10. The fraction of sp³-hybridized carbons (Fsp3) is 0.429. The molecule has 5 heteroatoms. The minimum Gasteiger partial charge on any atom is -0.385 e. The molecule has 1 atom stereocenters. The van der Waals surface area contributed by atoms with Gasteiger partial charge < -0.3 is 5.32 Å². The molecule has 0 amide bonds. The Bertz CT molecular complexity index is 506. The molecule has 0 saturated carbocycles. The Hall–Kier alpha value is -1.49. The number of rotatable bonds is 5. The van der Waals surface area contributed by atoms with E-state index in [2.05, 4.69) is 51.4 Å². The first-order chi connectivity index (χ1) is 9.40. The van der Waals surface area contributed by atoms with Crippen molar-refractivity contribution >= 4 is 17.4 Å². The molecule has 1 N–H and O–H groups in total. The Morgan fingerprint density at radius 1 is 1.42 bits per heavy atom. The van der Waals surface area contributed by atoms with Crippen LogP contribution in [0.4, 0.5) is 5.69 Å². The van der Waals surface area contributed by atoms with E-state index >= 15 is 0 Å². The Balaban J connectivity index is 1.59. The summed E-state index contributed by atoms with van der Waals surface area (Å²) in [5.74, 6) is 3.44. The van der Waals surface area contributed by atoms with Crippen LogP contribution in [-0.4, -0.2) is 32.8 Å². The Labute approximate surface area is 117 Å². The minimum atomic E-state index is 0.773. The topological polar surface area (TPSA) is 42.7 Å². The highest BCUT2D eigenvalue weighted by molar-refractivity contribution is 7.99. The molecule has 1 aliphatic heterocycles. The maximum Gasteiger partial charge on any atom is 0.137 e. The molecule has 1 saturated heterocycles. The van der Waals surface area contributed by atoms with E-state index in [4.69, 9.17) is 0 Å². The van der Waals surface area contributed by atoms with Crippen molar-refractivity contribution in [2.75, 3.05) is 23.4 Å². The van der Waals surface area contributed by atoms with E-state index in [1.54, 1.807) is 12.7 Å². The van der Waals surface area contributed by atoms with Gasteiger partial charge in [0.2, 0.25) is 0 Å². The van der Waals surface area contributed by atoms with E-state index in [9.17, 15) is 0 Å². The van der Waals surface area contributed by atoms with Gasteiger partial charge in [0.1, 0.15) is 12.7 Å². The number of nitrogens with one attached hydrogen (secondary N) is 1. The van der Waals surface area contributed by atoms with E-state index in [0.717, 1.165) is 19.0 Å². The van der Waals surface area contributed by atoms with Crippen LogP contribution in [0.3, 0.4) is 0 Å². The Morgan fingerprint density at radius 3 is 3.21 bits per heavy atom. The highest BCUT2D eigenvalue weighted by atomic mass is 32.2. The molecule has 0 spiro atoms. The SMILES string of the molecule is c1cc(Cn2cncn2)cc(NCC2CCSC2)c1. The summed E-state index contributed by atoms with van der Waals surface area (Å²) in [6.45, 7) is 1.86. The van der Waals surface area contributed by atoms with Crippen molar-refractivity contribution in [3.8, 4) is 0 Å². The summed E-state index contributed by atoms with van der Waals surface area (Å²) in [6, 6.07) is 8.55. The van der Waals surface area contributed by atoms with Crippen LogP contribution in [0.15, 0.2) is 36.9 Å². The van der Waals surface area contributed by atoms with Crippen LogP contribution in [0.5, 0.6) is 0 Å². The first-order valence-electron chi connectivity index (χ1n) is 6.63. The molecular formula is C14H18N4S. The van der Waals surface area contributed by atoms with E-state index in [1.807, 2.05) is 4.68 Å². The lowest BCUT2D eigenvalue weighted by atomic mass is 10.1. The van der Waals surface area contributed by atoms with Gasteiger partial charge in [0.05, 0.1) is 6.54 Å². The van der Waals surface area contributed by atoms with Gasteiger partial charge in [0, 0.05) is 12.2 Å². The van der Waals surface area contributed by atoms with Gasteiger partial charge in [-0.2, -0.15) is 16.9 Å². The molecule has 19 heavy (non-hydrogen) atoms. The van der Waals surface area contributed by atoms with Crippen molar-refractivity contribution in [3.63, 3.8) is 0 Å². The Kier molecular flexibility index (Phi) is 4.03. The average molecular weight is 274 g/mol. The molecule has 4 nitrogen and oxygen atoms in total. The van der Waals surface area contributed by atoms with Crippen molar-refractivity contribution in [2.24, 2.45) is 5.92 Å². The molecule has 0 radical (unpaired) electrons. The average Bonchev–Trinajstić information content (AvgIpc) is 3.10. The molecule has 1 aromatic carbocycles. The van der Waals surface area contributed by atoms with Crippen LogP contribution in [0.1, 0.15) is 12.0 Å². The molecule has 100 valence electrons. The number of nitrogens with zero attached hydrogens (tertiary/aromatic N) is 3. The molecule has 1 aromatic heterocycles. The first kappa shape index (κ1) is 12.5. The second-order valence-electron chi connectivity index (χ2n) is 4.90. The highest BCUT2D eigenvalue weighted by Gasteiger charge is 2.14. The zero-order chi connectivity index (χ0) is 12.9. The fourth-order valence-corrected chi connectivity index (χ4v) is 3.57. The van der Waals surface area contributed by atoms with Gasteiger partial charge in [0.15, 0.2) is 0 Å². The molecule has 1 fully saturated rings. The molecular weight excluding hydrogens is 256 g/mol. The second-order valence-corrected chi connectivity index (χ2v) is 6.05. The number of anilines is 1. The summed E-state index contributed by atoms with van der Waals surface area (Å²) < 4.78 is 1.84. The third-order valence-corrected chi connectivity index (χ3v) is 4.59. The normalized spacial score (nSPS) is 18.6. The van der Waals surface area contributed by atoms with Crippen molar-refractivity contribution in [1.29, 1.82) is 0 Å². The van der Waals surface area contributed by atoms with E-state index < -0.39 is 0 Å². The third-order valence-electron chi connectivity index (χ3n) is 3.36. The van der Waals surface area contributed by atoms with Crippen LogP contribution in [-0.2, 0) is 6.54 Å². The molecule has 0 bridgehead atoms. The Morgan fingerprint density at radius 2 is 2.42 bits per heavy atom. The zero-order valence-electron chi connectivity index (χ0n) is 10.8. The number of hydrogen-bond donors (Lipinski definition) is 1. The maximum atomic E-state index is 4.13. The van der Waals surface area contributed by atoms with Crippen LogP contribution >= 0.6 is 11.8 Å². The smallest absolute Gasteiger partial charge is 0.137 e. The van der Waals surface area contributed by atoms with E-state index in [1.165, 1.54) is 29.2 Å². The minimum absolute atomic E-state index is 0.773. The van der Waals surface area contributed by atoms with Crippen molar-refractivity contribution < 1.29 is 0 Å². The zero-order valence-corrected chi connectivity index (χ0v) is 11.6. The largest absolute Gasteiger partial charge is 0.385 e. The van der Waals surface area contributed by atoms with Gasteiger partial charge in [-0.1, -0.05) is 12.1 Å². The van der Waals surface area contributed by atoms with Crippen molar-refractivity contribution in [1.82, 2.24) is 14.8 Å². The standard InChI is InChI=1S/C14H18N4S/c1-2-12(8-18-11-15-10-17-18)6-14(3-1)16-7-13-4-5-19-9-13/h1-3,6,10-11,13,16H,4-5,7-9H2. The monoisotopic (exact) mass is 274 g/mol. The summed E-state index contributed by atoms with van der Waals surface area (Å²) in [7, 11) is 0. The number of hydrogen-bond acceptors (Lipinski definition) is 4. The van der Waals surface area contributed by atoms with Crippen molar-refractivity contribution in [2.45, 2.75) is 13.0 Å². The molecule has 1 unspecified atom stereocenters. The van der Waals surface area contributed by atoms with Crippen LogP contribution < -0.4 is 5.32 Å². The van der Waals surface area contributed by atoms with Gasteiger partial charge >= 0.3 is 0 Å². The summed E-state index contributed by atoms with van der Waals surface area (Å²) in [6.07, 6.45) is 4.66. The van der Waals surface area contributed by atoms with Crippen molar-refractivity contribution in [3.05, 3.63) is 42.5 Å². The fourth-order valence-electron chi connectivity index (χ4n) is 2.29. The van der Waals surface area contributed by atoms with E-state index in [0.29, 0.717) is 0 Å². The quantitative estimate of drug-likeness (QED) is 0.909.